The van der Waals surface area contributed by atoms with E-state index < -0.39 is 0 Å². The SMILES string of the molecule is CCNc1nc(NCC2(CO)CC2)c2cn[nH]c2n1. The lowest BCUT2D eigenvalue weighted by Gasteiger charge is -2.14. The standard InChI is InChI=1S/C12H18N6O/c1-2-13-11-16-9(8-5-15-18-10(8)17-11)14-6-12(7-19)3-4-12/h5,19H,2-4,6-7H2,1H3,(H3,13,14,15,16,17,18). The van der Waals surface area contributed by atoms with Gasteiger partial charge < -0.3 is 15.7 Å². The van der Waals surface area contributed by atoms with Gasteiger partial charge >= 0.3 is 0 Å². The second-order valence-corrected chi connectivity index (χ2v) is 5.07. The summed E-state index contributed by atoms with van der Waals surface area (Å²) in [6, 6.07) is 0. The molecule has 0 atom stereocenters. The van der Waals surface area contributed by atoms with Crippen LogP contribution in [0.5, 0.6) is 0 Å². The molecule has 102 valence electrons. The van der Waals surface area contributed by atoms with Crippen molar-refractivity contribution in [2.24, 2.45) is 5.41 Å². The highest BCUT2D eigenvalue weighted by molar-refractivity contribution is 5.86. The first-order valence-electron chi connectivity index (χ1n) is 6.56. The summed E-state index contributed by atoms with van der Waals surface area (Å²) >= 11 is 0. The Morgan fingerprint density at radius 2 is 2.21 bits per heavy atom. The van der Waals surface area contributed by atoms with Crippen LogP contribution in [0.15, 0.2) is 6.20 Å². The van der Waals surface area contributed by atoms with E-state index in [1.54, 1.807) is 6.20 Å². The van der Waals surface area contributed by atoms with Crippen LogP contribution in [0.3, 0.4) is 0 Å². The fourth-order valence-corrected chi connectivity index (χ4v) is 2.05. The van der Waals surface area contributed by atoms with Crippen molar-refractivity contribution < 1.29 is 5.11 Å². The number of anilines is 2. The Hall–Kier alpha value is -1.89. The summed E-state index contributed by atoms with van der Waals surface area (Å²) < 4.78 is 0. The van der Waals surface area contributed by atoms with Gasteiger partial charge in [0.05, 0.1) is 18.2 Å². The van der Waals surface area contributed by atoms with Crippen LogP contribution in [-0.4, -0.2) is 45.0 Å². The lowest BCUT2D eigenvalue weighted by Crippen LogP contribution is -2.20. The molecule has 0 spiro atoms. The summed E-state index contributed by atoms with van der Waals surface area (Å²) in [6.45, 7) is 3.71. The molecule has 7 heteroatoms. The monoisotopic (exact) mass is 262 g/mol. The molecular weight excluding hydrogens is 244 g/mol. The molecule has 7 nitrogen and oxygen atoms in total. The van der Waals surface area contributed by atoms with Crippen LogP contribution in [0.25, 0.3) is 11.0 Å². The van der Waals surface area contributed by atoms with E-state index >= 15 is 0 Å². The summed E-state index contributed by atoms with van der Waals surface area (Å²) in [5, 5.41) is 23.5. The first-order valence-corrected chi connectivity index (χ1v) is 6.56. The third-order valence-corrected chi connectivity index (χ3v) is 3.57. The Morgan fingerprint density at radius 3 is 2.89 bits per heavy atom. The van der Waals surface area contributed by atoms with Crippen molar-refractivity contribution in [2.45, 2.75) is 19.8 Å². The Balaban J connectivity index is 1.85. The zero-order valence-corrected chi connectivity index (χ0v) is 10.9. The largest absolute Gasteiger partial charge is 0.396 e. The number of nitrogens with zero attached hydrogens (tertiary/aromatic N) is 3. The number of hydrogen-bond acceptors (Lipinski definition) is 6. The number of aromatic nitrogens is 4. The van der Waals surface area contributed by atoms with Gasteiger partial charge in [0.15, 0.2) is 5.65 Å². The minimum absolute atomic E-state index is 0.0410. The summed E-state index contributed by atoms with van der Waals surface area (Å²) in [4.78, 5) is 8.79. The molecule has 4 N–H and O–H groups in total. The quantitative estimate of drug-likeness (QED) is 0.619. The molecule has 0 aromatic carbocycles. The predicted molar refractivity (Wildman–Crippen MR) is 73.1 cm³/mol. The van der Waals surface area contributed by atoms with Gasteiger partial charge in [-0.05, 0) is 19.8 Å². The summed E-state index contributed by atoms with van der Waals surface area (Å²) in [5.41, 5.74) is 0.751. The van der Waals surface area contributed by atoms with E-state index in [1.807, 2.05) is 6.92 Å². The normalized spacial score (nSPS) is 16.5. The third kappa shape index (κ3) is 2.33. The van der Waals surface area contributed by atoms with Gasteiger partial charge in [-0.2, -0.15) is 15.1 Å². The molecule has 2 aromatic heterocycles. The Bertz CT molecular complexity index is 577. The third-order valence-electron chi connectivity index (χ3n) is 3.57. The highest BCUT2D eigenvalue weighted by Gasteiger charge is 2.41. The number of nitrogens with one attached hydrogen (secondary N) is 3. The molecule has 0 radical (unpaired) electrons. The Kier molecular flexibility index (Phi) is 2.98. The summed E-state index contributed by atoms with van der Waals surface area (Å²) in [5.74, 6) is 1.34. The van der Waals surface area contributed by atoms with E-state index in [2.05, 4.69) is 30.8 Å². The van der Waals surface area contributed by atoms with E-state index in [0.717, 1.165) is 37.1 Å². The zero-order chi connectivity index (χ0) is 13.3. The van der Waals surface area contributed by atoms with Crippen molar-refractivity contribution in [2.75, 3.05) is 30.3 Å². The topological polar surface area (TPSA) is 98.8 Å². The van der Waals surface area contributed by atoms with Crippen LogP contribution in [0, 0.1) is 5.41 Å². The highest BCUT2D eigenvalue weighted by atomic mass is 16.3. The zero-order valence-electron chi connectivity index (χ0n) is 10.9. The first-order chi connectivity index (χ1) is 9.26. The minimum Gasteiger partial charge on any atom is -0.396 e. The van der Waals surface area contributed by atoms with Crippen LogP contribution in [0.2, 0.25) is 0 Å². The second kappa shape index (κ2) is 4.65. The maximum Gasteiger partial charge on any atom is 0.226 e. The summed E-state index contributed by atoms with van der Waals surface area (Å²) in [7, 11) is 0. The number of aliphatic hydroxyl groups excluding tert-OH is 1. The smallest absolute Gasteiger partial charge is 0.226 e. The van der Waals surface area contributed by atoms with Gasteiger partial charge in [0.25, 0.3) is 0 Å². The lowest BCUT2D eigenvalue weighted by molar-refractivity contribution is 0.219. The maximum atomic E-state index is 9.34. The molecule has 1 fully saturated rings. The van der Waals surface area contributed by atoms with Crippen molar-refractivity contribution >= 4 is 22.8 Å². The number of aliphatic hydroxyl groups is 1. The highest BCUT2D eigenvalue weighted by Crippen LogP contribution is 2.45. The van der Waals surface area contributed by atoms with Crippen LogP contribution >= 0.6 is 0 Å². The van der Waals surface area contributed by atoms with E-state index in [0.29, 0.717) is 11.6 Å². The average Bonchev–Trinajstić information content (AvgIpc) is 3.05. The number of aromatic amines is 1. The van der Waals surface area contributed by atoms with E-state index in [-0.39, 0.29) is 12.0 Å². The van der Waals surface area contributed by atoms with Crippen LogP contribution < -0.4 is 10.6 Å². The van der Waals surface area contributed by atoms with Crippen molar-refractivity contribution in [3.63, 3.8) is 0 Å². The van der Waals surface area contributed by atoms with Gasteiger partial charge in [-0.25, -0.2) is 0 Å². The van der Waals surface area contributed by atoms with E-state index in [4.69, 9.17) is 0 Å². The fraction of sp³-hybridized carbons (Fsp3) is 0.583. The first kappa shape index (κ1) is 12.2. The van der Waals surface area contributed by atoms with Crippen molar-refractivity contribution in [1.29, 1.82) is 0 Å². The molecule has 0 amide bonds. The van der Waals surface area contributed by atoms with Crippen molar-refractivity contribution in [3.8, 4) is 0 Å². The maximum absolute atomic E-state index is 9.34. The molecule has 0 aliphatic heterocycles. The lowest BCUT2D eigenvalue weighted by atomic mass is 10.1. The fourth-order valence-electron chi connectivity index (χ4n) is 2.05. The molecule has 1 saturated carbocycles. The van der Waals surface area contributed by atoms with Gasteiger partial charge in [0.2, 0.25) is 5.95 Å². The number of H-pyrrole nitrogens is 1. The average molecular weight is 262 g/mol. The minimum atomic E-state index is 0.0410. The van der Waals surface area contributed by atoms with Crippen LogP contribution in [0.4, 0.5) is 11.8 Å². The molecule has 0 bridgehead atoms. The molecule has 0 unspecified atom stereocenters. The van der Waals surface area contributed by atoms with Gasteiger partial charge in [0.1, 0.15) is 5.82 Å². The number of hydrogen-bond donors (Lipinski definition) is 4. The Labute approximate surface area is 110 Å². The van der Waals surface area contributed by atoms with Crippen molar-refractivity contribution in [3.05, 3.63) is 6.20 Å². The Morgan fingerprint density at radius 1 is 1.37 bits per heavy atom. The van der Waals surface area contributed by atoms with Crippen molar-refractivity contribution in [1.82, 2.24) is 20.2 Å². The van der Waals surface area contributed by atoms with Crippen LogP contribution in [0.1, 0.15) is 19.8 Å². The molecule has 1 aliphatic rings. The summed E-state index contributed by atoms with van der Waals surface area (Å²) in [6.07, 6.45) is 3.85. The number of rotatable bonds is 6. The van der Waals surface area contributed by atoms with Gasteiger partial charge in [-0.15, -0.1) is 0 Å². The van der Waals surface area contributed by atoms with Gasteiger partial charge in [-0.1, -0.05) is 0 Å². The molecule has 0 saturated heterocycles. The second-order valence-electron chi connectivity index (χ2n) is 5.07. The molecule has 2 aromatic rings. The van der Waals surface area contributed by atoms with E-state index in [1.165, 1.54) is 0 Å². The molecular formula is C12H18N6O. The van der Waals surface area contributed by atoms with Crippen LogP contribution in [-0.2, 0) is 0 Å². The molecule has 1 aliphatic carbocycles. The molecule has 2 heterocycles. The van der Waals surface area contributed by atoms with Gasteiger partial charge in [0, 0.05) is 18.5 Å². The molecule has 19 heavy (non-hydrogen) atoms. The molecule has 3 rings (SSSR count). The number of fused-ring (bicyclic) bond motifs is 1. The van der Waals surface area contributed by atoms with E-state index in [9.17, 15) is 5.11 Å². The predicted octanol–water partition coefficient (Wildman–Crippen LogP) is 0.969. The van der Waals surface area contributed by atoms with Gasteiger partial charge in [-0.3, -0.25) is 5.10 Å².